The van der Waals surface area contributed by atoms with Gasteiger partial charge in [0.1, 0.15) is 11.6 Å². The Balaban J connectivity index is 1.54. The van der Waals surface area contributed by atoms with Crippen molar-refractivity contribution in [2.45, 2.75) is 19.3 Å². The molecule has 4 rings (SSSR count). The van der Waals surface area contributed by atoms with Crippen molar-refractivity contribution >= 4 is 17.5 Å². The van der Waals surface area contributed by atoms with Gasteiger partial charge in [0.25, 0.3) is 11.8 Å². The number of carbonyl (C=O) groups excluding carboxylic acids is 2. The average Bonchev–Trinajstić information content (AvgIpc) is 3.19. The van der Waals surface area contributed by atoms with E-state index in [0.717, 1.165) is 32.4 Å². The Morgan fingerprint density at radius 2 is 1.83 bits per heavy atom. The molecular formula is C23H23FN4O2. The molecule has 0 spiro atoms. The lowest BCUT2D eigenvalue weighted by atomic mass is 10.1. The molecule has 0 saturated carbocycles. The van der Waals surface area contributed by atoms with Crippen molar-refractivity contribution in [2.24, 2.45) is 7.05 Å². The van der Waals surface area contributed by atoms with Crippen LogP contribution in [0.15, 0.2) is 54.9 Å². The quantitative estimate of drug-likeness (QED) is 0.709. The largest absolute Gasteiger partial charge is 0.339 e. The molecule has 1 aliphatic rings. The minimum atomic E-state index is -0.519. The highest BCUT2D eigenvalue weighted by Gasteiger charge is 2.19. The number of imidazole rings is 1. The first-order chi connectivity index (χ1) is 14.5. The molecule has 2 amide bonds. The number of likely N-dealkylation sites (tertiary alicyclic amines) is 1. The van der Waals surface area contributed by atoms with Crippen molar-refractivity contribution in [1.29, 1.82) is 0 Å². The third-order valence-corrected chi connectivity index (χ3v) is 5.25. The predicted octanol–water partition coefficient (Wildman–Crippen LogP) is 4.10. The summed E-state index contributed by atoms with van der Waals surface area (Å²) in [5, 5.41) is 2.77. The lowest BCUT2D eigenvalue weighted by Gasteiger charge is -2.26. The van der Waals surface area contributed by atoms with Crippen molar-refractivity contribution in [3.8, 4) is 11.4 Å². The van der Waals surface area contributed by atoms with E-state index in [1.54, 1.807) is 54.3 Å². The van der Waals surface area contributed by atoms with Gasteiger partial charge in [-0.15, -0.1) is 0 Å². The molecule has 30 heavy (non-hydrogen) atoms. The zero-order valence-corrected chi connectivity index (χ0v) is 16.8. The van der Waals surface area contributed by atoms with Crippen molar-refractivity contribution in [2.75, 3.05) is 18.4 Å². The van der Waals surface area contributed by atoms with Crippen LogP contribution in [-0.4, -0.2) is 39.4 Å². The van der Waals surface area contributed by atoms with E-state index in [0.29, 0.717) is 22.6 Å². The van der Waals surface area contributed by atoms with Crippen molar-refractivity contribution in [3.05, 3.63) is 71.8 Å². The van der Waals surface area contributed by atoms with Gasteiger partial charge < -0.3 is 14.8 Å². The van der Waals surface area contributed by atoms with Crippen LogP contribution in [-0.2, 0) is 7.05 Å². The van der Waals surface area contributed by atoms with Crippen LogP contribution in [0, 0.1) is 5.82 Å². The van der Waals surface area contributed by atoms with Crippen LogP contribution in [0.2, 0.25) is 0 Å². The maximum Gasteiger partial charge on any atom is 0.255 e. The lowest BCUT2D eigenvalue weighted by molar-refractivity contribution is 0.0724. The van der Waals surface area contributed by atoms with Crippen LogP contribution in [0.5, 0.6) is 0 Å². The van der Waals surface area contributed by atoms with E-state index in [1.807, 2.05) is 4.90 Å². The summed E-state index contributed by atoms with van der Waals surface area (Å²) in [5.74, 6) is -0.437. The smallest absolute Gasteiger partial charge is 0.255 e. The minimum Gasteiger partial charge on any atom is -0.339 e. The summed E-state index contributed by atoms with van der Waals surface area (Å²) >= 11 is 0. The fraction of sp³-hybridized carbons (Fsp3) is 0.261. The number of halogens is 1. The summed E-state index contributed by atoms with van der Waals surface area (Å²) in [5.41, 5.74) is 1.72. The number of piperidine rings is 1. The molecule has 1 N–H and O–H groups in total. The molecule has 154 valence electrons. The summed E-state index contributed by atoms with van der Waals surface area (Å²) in [6, 6.07) is 11.0. The molecule has 0 atom stereocenters. The van der Waals surface area contributed by atoms with E-state index in [4.69, 9.17) is 0 Å². The van der Waals surface area contributed by atoms with Crippen LogP contribution < -0.4 is 5.32 Å². The first-order valence-electron chi connectivity index (χ1n) is 10.0. The summed E-state index contributed by atoms with van der Waals surface area (Å²) < 4.78 is 15.9. The predicted molar refractivity (Wildman–Crippen MR) is 113 cm³/mol. The molecule has 1 saturated heterocycles. The third kappa shape index (κ3) is 4.25. The number of rotatable bonds is 4. The number of hydrogen-bond donors (Lipinski definition) is 1. The maximum atomic E-state index is 14.2. The molecule has 0 bridgehead atoms. The Kier molecular flexibility index (Phi) is 5.61. The second-order valence-corrected chi connectivity index (χ2v) is 7.48. The molecule has 0 aliphatic carbocycles. The highest BCUT2D eigenvalue weighted by atomic mass is 19.1. The number of benzene rings is 2. The number of anilines is 1. The Labute approximate surface area is 174 Å². The molecule has 0 radical (unpaired) electrons. The zero-order valence-electron chi connectivity index (χ0n) is 16.8. The Bertz CT molecular complexity index is 1090. The van der Waals surface area contributed by atoms with Gasteiger partial charge in [-0.25, -0.2) is 9.37 Å². The number of nitrogens with one attached hydrogen (secondary N) is 1. The van der Waals surface area contributed by atoms with Gasteiger partial charge in [-0.05, 0) is 55.7 Å². The van der Waals surface area contributed by atoms with Crippen molar-refractivity contribution < 1.29 is 14.0 Å². The number of nitrogens with zero attached hydrogens (tertiary/aromatic N) is 3. The summed E-state index contributed by atoms with van der Waals surface area (Å²) in [7, 11) is 1.80. The minimum absolute atomic E-state index is 0.0337. The topological polar surface area (TPSA) is 67.2 Å². The third-order valence-electron chi connectivity index (χ3n) is 5.25. The van der Waals surface area contributed by atoms with Crippen LogP contribution in [0.4, 0.5) is 10.1 Å². The summed E-state index contributed by atoms with van der Waals surface area (Å²) in [4.78, 5) is 31.5. The normalized spacial score (nSPS) is 13.9. The highest BCUT2D eigenvalue weighted by Crippen LogP contribution is 2.22. The molecule has 3 aromatic rings. The Morgan fingerprint density at radius 1 is 1.03 bits per heavy atom. The van der Waals surface area contributed by atoms with Crippen LogP contribution in [0.3, 0.4) is 0 Å². The van der Waals surface area contributed by atoms with Crippen LogP contribution in [0.1, 0.15) is 40.0 Å². The second-order valence-electron chi connectivity index (χ2n) is 7.48. The SMILES string of the molecule is Cn1ccnc1-c1cc(F)cc(C(=O)Nc2cccc(C(=O)N3CCCCC3)c2)c1. The Morgan fingerprint density at radius 3 is 2.57 bits per heavy atom. The number of aromatic nitrogens is 2. The van der Waals surface area contributed by atoms with E-state index < -0.39 is 11.7 Å². The van der Waals surface area contributed by atoms with E-state index in [9.17, 15) is 14.0 Å². The molecule has 2 heterocycles. The van der Waals surface area contributed by atoms with Gasteiger partial charge in [0.2, 0.25) is 0 Å². The molecule has 1 fully saturated rings. The van der Waals surface area contributed by atoms with Gasteiger partial charge >= 0.3 is 0 Å². The first kappa shape index (κ1) is 19.8. The fourth-order valence-electron chi connectivity index (χ4n) is 3.71. The van der Waals surface area contributed by atoms with Gasteiger partial charge in [0, 0.05) is 54.9 Å². The van der Waals surface area contributed by atoms with Gasteiger partial charge in [-0.1, -0.05) is 6.07 Å². The number of carbonyl (C=O) groups is 2. The summed E-state index contributed by atoms with van der Waals surface area (Å²) in [6.07, 6.45) is 6.55. The molecular weight excluding hydrogens is 383 g/mol. The number of amides is 2. The monoisotopic (exact) mass is 406 g/mol. The molecule has 6 nitrogen and oxygen atoms in total. The second kappa shape index (κ2) is 8.49. The van der Waals surface area contributed by atoms with Gasteiger partial charge in [0.05, 0.1) is 0 Å². The summed E-state index contributed by atoms with van der Waals surface area (Å²) in [6.45, 7) is 1.52. The first-order valence-corrected chi connectivity index (χ1v) is 10.0. The lowest BCUT2D eigenvalue weighted by Crippen LogP contribution is -2.35. The molecule has 0 unspecified atom stereocenters. The van der Waals surface area contributed by atoms with E-state index >= 15 is 0 Å². The van der Waals surface area contributed by atoms with Crippen LogP contribution in [0.25, 0.3) is 11.4 Å². The van der Waals surface area contributed by atoms with E-state index in [-0.39, 0.29) is 11.5 Å². The van der Waals surface area contributed by atoms with Crippen molar-refractivity contribution in [3.63, 3.8) is 0 Å². The van der Waals surface area contributed by atoms with Crippen molar-refractivity contribution in [1.82, 2.24) is 14.5 Å². The van der Waals surface area contributed by atoms with Crippen LogP contribution >= 0.6 is 0 Å². The highest BCUT2D eigenvalue weighted by molar-refractivity contribution is 6.05. The Hall–Kier alpha value is -3.48. The average molecular weight is 406 g/mol. The maximum absolute atomic E-state index is 14.2. The molecule has 1 aliphatic heterocycles. The van der Waals surface area contributed by atoms with E-state index in [2.05, 4.69) is 10.3 Å². The molecule has 7 heteroatoms. The standard InChI is InChI=1S/C23H23FN4O2/c1-27-11-8-25-21(27)17-12-18(14-19(24)13-17)22(29)26-20-7-5-6-16(15-20)23(30)28-9-3-2-4-10-28/h5-8,11-15H,2-4,9-10H2,1H3,(H,26,29). The van der Waals surface area contributed by atoms with Gasteiger partial charge in [-0.2, -0.15) is 0 Å². The van der Waals surface area contributed by atoms with Gasteiger partial charge in [-0.3, -0.25) is 9.59 Å². The molecule has 1 aromatic heterocycles. The van der Waals surface area contributed by atoms with E-state index in [1.165, 1.54) is 12.1 Å². The van der Waals surface area contributed by atoms with Gasteiger partial charge in [0.15, 0.2) is 0 Å². The zero-order chi connectivity index (χ0) is 21.1. The molecule has 2 aromatic carbocycles. The number of aryl methyl sites for hydroxylation is 1. The fourth-order valence-corrected chi connectivity index (χ4v) is 3.71. The number of hydrogen-bond acceptors (Lipinski definition) is 3.